The van der Waals surface area contributed by atoms with E-state index in [0.29, 0.717) is 13.1 Å². The number of hydrogen-bond donors (Lipinski definition) is 2. The van der Waals surface area contributed by atoms with Crippen LogP contribution in [0.1, 0.15) is 0 Å². The SMILES string of the molecule is NC[C@H]1OC(I)(I)O[C@@H]1CN.[Pt+2]. The zero-order valence-corrected chi connectivity index (χ0v) is 12.7. The Labute approximate surface area is 113 Å². The number of hydrogen-bond acceptors (Lipinski definition) is 4. The predicted octanol–water partition coefficient (Wildman–Crippen LogP) is 0.167. The summed E-state index contributed by atoms with van der Waals surface area (Å²) >= 11 is 4.15. The first kappa shape index (κ1) is 14.0. The van der Waals surface area contributed by atoms with Crippen LogP contribution in [0.4, 0.5) is 0 Å². The first-order chi connectivity index (χ1) is 5.09. The van der Waals surface area contributed by atoms with Crippen molar-refractivity contribution in [2.24, 2.45) is 11.5 Å². The first-order valence-corrected chi connectivity index (χ1v) is 5.38. The standard InChI is InChI=1S/C5H10I2N2O2.Pt/c6-5(7)10-3(1-8)4(2-9)11-5;/h3-4H,1-2,8-9H2;/q;+2/t3-,4-;/m1./s1. The zero-order valence-electron chi connectivity index (χ0n) is 6.11. The van der Waals surface area contributed by atoms with Gasteiger partial charge in [0.25, 0.3) is 1.80 Å². The van der Waals surface area contributed by atoms with Gasteiger partial charge in [-0.1, -0.05) is 0 Å². The first-order valence-electron chi connectivity index (χ1n) is 3.22. The number of rotatable bonds is 2. The molecule has 74 valence electrons. The third-order valence-corrected chi connectivity index (χ3v) is 2.47. The number of nitrogens with two attached hydrogens (primary N) is 2. The summed E-state index contributed by atoms with van der Waals surface area (Å²) in [6.07, 6.45) is -0.123. The van der Waals surface area contributed by atoms with Gasteiger partial charge in [0.15, 0.2) is 0 Å². The number of alkyl halides is 2. The van der Waals surface area contributed by atoms with Crippen molar-refractivity contribution in [2.45, 2.75) is 14.0 Å². The number of ether oxygens (including phenoxy) is 2. The second-order valence-electron chi connectivity index (χ2n) is 2.25. The molecule has 2 atom stereocenters. The van der Waals surface area contributed by atoms with Crippen molar-refractivity contribution in [3.63, 3.8) is 0 Å². The van der Waals surface area contributed by atoms with Gasteiger partial charge in [0.1, 0.15) is 12.2 Å². The molecular weight excluding hydrogens is 569 g/mol. The maximum atomic E-state index is 5.45. The maximum absolute atomic E-state index is 5.45. The van der Waals surface area contributed by atoms with E-state index in [1.807, 2.05) is 0 Å². The fourth-order valence-corrected chi connectivity index (χ4v) is 2.24. The molecule has 0 saturated carbocycles. The largest absolute Gasteiger partial charge is 2.00 e. The quantitative estimate of drug-likeness (QED) is 0.362. The molecule has 0 unspecified atom stereocenters. The molecular formula is C5H10I2N2O2Pt+2. The van der Waals surface area contributed by atoms with Gasteiger partial charge in [0, 0.05) is 58.3 Å². The molecule has 1 aliphatic heterocycles. The molecule has 1 saturated heterocycles. The molecule has 0 aromatic rings. The Morgan fingerprint density at radius 2 is 1.42 bits per heavy atom. The van der Waals surface area contributed by atoms with Crippen LogP contribution in [-0.2, 0) is 30.5 Å². The van der Waals surface area contributed by atoms with Gasteiger partial charge in [-0.15, -0.1) is 0 Å². The predicted molar refractivity (Wildman–Crippen MR) is 58.6 cm³/mol. The van der Waals surface area contributed by atoms with E-state index in [0.717, 1.165) is 0 Å². The van der Waals surface area contributed by atoms with E-state index in [9.17, 15) is 0 Å². The monoisotopic (exact) mass is 579 g/mol. The second-order valence-corrected chi connectivity index (χ2v) is 7.15. The molecule has 0 spiro atoms. The summed E-state index contributed by atoms with van der Waals surface area (Å²) in [6.45, 7) is 0.908. The van der Waals surface area contributed by atoms with E-state index >= 15 is 0 Å². The Kier molecular flexibility index (Phi) is 6.72. The molecule has 4 N–H and O–H groups in total. The van der Waals surface area contributed by atoms with E-state index in [1.54, 1.807) is 0 Å². The average Bonchev–Trinajstić information content (AvgIpc) is 2.25. The fourth-order valence-electron chi connectivity index (χ4n) is 0.932. The fraction of sp³-hybridized carbons (Fsp3) is 1.00. The minimum absolute atomic E-state index is 0. The molecule has 4 nitrogen and oxygen atoms in total. The number of halogens is 2. The summed E-state index contributed by atoms with van der Waals surface area (Å²) in [7, 11) is 0. The Morgan fingerprint density at radius 3 is 1.67 bits per heavy atom. The molecule has 0 aliphatic carbocycles. The zero-order chi connectivity index (χ0) is 8.48. The molecule has 0 aromatic heterocycles. The van der Waals surface area contributed by atoms with Crippen LogP contribution >= 0.6 is 45.2 Å². The summed E-state index contributed by atoms with van der Waals surface area (Å²) in [5.74, 6) is 0. The maximum Gasteiger partial charge on any atom is 2.00 e. The van der Waals surface area contributed by atoms with Crippen molar-refractivity contribution in [2.75, 3.05) is 13.1 Å². The minimum atomic E-state index is -0.580. The summed E-state index contributed by atoms with van der Waals surface area (Å²) in [5.41, 5.74) is 10.9. The van der Waals surface area contributed by atoms with E-state index in [1.165, 1.54) is 0 Å². The Bertz CT molecular complexity index is 135. The van der Waals surface area contributed by atoms with Crippen LogP contribution in [0.25, 0.3) is 0 Å². The van der Waals surface area contributed by atoms with Gasteiger partial charge in [-0.2, -0.15) is 0 Å². The van der Waals surface area contributed by atoms with Gasteiger partial charge in [0.05, 0.1) is 0 Å². The molecule has 0 amide bonds. The molecule has 1 fully saturated rings. The molecule has 7 heteroatoms. The summed E-state index contributed by atoms with van der Waals surface area (Å²) in [6, 6.07) is 0. The van der Waals surface area contributed by atoms with E-state index in [4.69, 9.17) is 20.9 Å². The smallest absolute Gasteiger partial charge is 0.328 e. The van der Waals surface area contributed by atoms with Gasteiger partial charge in [-0.05, 0) is 0 Å². The van der Waals surface area contributed by atoms with Crippen LogP contribution in [0.2, 0.25) is 0 Å². The second kappa shape index (κ2) is 5.77. The topological polar surface area (TPSA) is 70.5 Å². The van der Waals surface area contributed by atoms with Crippen LogP contribution in [0.5, 0.6) is 0 Å². The Hall–Kier alpha value is 1.99. The van der Waals surface area contributed by atoms with Crippen molar-refractivity contribution >= 4 is 45.2 Å². The third kappa shape index (κ3) is 3.62. The molecule has 0 radical (unpaired) electrons. The van der Waals surface area contributed by atoms with Crippen molar-refractivity contribution in [3.8, 4) is 0 Å². The Balaban J connectivity index is 0.00000121. The molecule has 1 rings (SSSR count). The van der Waals surface area contributed by atoms with E-state index < -0.39 is 1.80 Å². The average molecular weight is 579 g/mol. The van der Waals surface area contributed by atoms with Crippen molar-refractivity contribution in [1.29, 1.82) is 0 Å². The van der Waals surface area contributed by atoms with Crippen LogP contribution in [0, 0.1) is 0 Å². The molecule has 0 aromatic carbocycles. The van der Waals surface area contributed by atoms with E-state index in [2.05, 4.69) is 45.2 Å². The summed E-state index contributed by atoms with van der Waals surface area (Å²) < 4.78 is 10.3. The molecule has 1 heterocycles. The molecule has 0 bridgehead atoms. The van der Waals surface area contributed by atoms with Crippen LogP contribution in [-0.4, -0.2) is 27.1 Å². The van der Waals surface area contributed by atoms with Crippen LogP contribution in [0.3, 0.4) is 0 Å². The van der Waals surface area contributed by atoms with Gasteiger partial charge >= 0.3 is 21.1 Å². The molecule has 12 heavy (non-hydrogen) atoms. The summed E-state index contributed by atoms with van der Waals surface area (Å²) in [4.78, 5) is 0. The van der Waals surface area contributed by atoms with E-state index in [-0.39, 0.29) is 33.3 Å². The summed E-state index contributed by atoms with van der Waals surface area (Å²) in [5, 5.41) is 0. The normalized spacial score (nSPS) is 33.0. The Morgan fingerprint density at radius 1 is 1.08 bits per heavy atom. The van der Waals surface area contributed by atoms with Crippen LogP contribution in [0.15, 0.2) is 0 Å². The van der Waals surface area contributed by atoms with Crippen molar-refractivity contribution < 1.29 is 30.5 Å². The van der Waals surface area contributed by atoms with Crippen molar-refractivity contribution in [3.05, 3.63) is 0 Å². The third-order valence-electron chi connectivity index (χ3n) is 1.46. The van der Waals surface area contributed by atoms with Gasteiger partial charge in [-0.3, -0.25) is 0 Å². The van der Waals surface area contributed by atoms with Gasteiger partial charge in [0.2, 0.25) is 0 Å². The van der Waals surface area contributed by atoms with Crippen molar-refractivity contribution in [1.82, 2.24) is 0 Å². The molecule has 1 aliphatic rings. The van der Waals surface area contributed by atoms with Gasteiger partial charge in [-0.25, -0.2) is 0 Å². The van der Waals surface area contributed by atoms with Crippen LogP contribution < -0.4 is 11.5 Å². The van der Waals surface area contributed by atoms with Gasteiger partial charge < -0.3 is 20.9 Å². The minimum Gasteiger partial charge on any atom is -0.328 e.